The molecule has 0 radical (unpaired) electrons. The quantitative estimate of drug-likeness (QED) is 0.645. The summed E-state index contributed by atoms with van der Waals surface area (Å²) in [5.74, 6) is 0. The first-order valence-corrected chi connectivity index (χ1v) is 7.70. The van der Waals surface area contributed by atoms with Crippen molar-refractivity contribution in [3.63, 3.8) is 0 Å². The van der Waals surface area contributed by atoms with Crippen molar-refractivity contribution < 1.29 is 17.2 Å². The van der Waals surface area contributed by atoms with Gasteiger partial charge in [0.2, 0.25) is 0 Å². The fraction of sp³-hybridized carbons (Fsp3) is 0.250. The van der Waals surface area contributed by atoms with E-state index in [9.17, 15) is 17.2 Å². The van der Waals surface area contributed by atoms with Crippen LogP contribution in [-0.2, 0) is 10.0 Å². The van der Waals surface area contributed by atoms with Gasteiger partial charge in [-0.05, 0) is 6.07 Å². The highest BCUT2D eigenvalue weighted by Gasteiger charge is 2.22. The normalized spacial score (nSPS) is 12.2. The first-order valence-electron chi connectivity index (χ1n) is 6.26. The summed E-state index contributed by atoms with van der Waals surface area (Å²) in [6.45, 7) is -2.84. The van der Waals surface area contributed by atoms with Crippen molar-refractivity contribution >= 4 is 22.0 Å². The van der Waals surface area contributed by atoms with Crippen LogP contribution in [-0.4, -0.2) is 48.5 Å². The molecule has 0 aliphatic heterocycles. The molecule has 2 heterocycles. The fourth-order valence-corrected chi connectivity index (χ4v) is 2.78. The Morgan fingerprint density at radius 2 is 2.09 bits per heavy atom. The minimum Gasteiger partial charge on any atom is -0.397 e. The van der Waals surface area contributed by atoms with E-state index in [0.717, 1.165) is 18.7 Å². The lowest BCUT2D eigenvalue weighted by Gasteiger charge is -2.07. The monoisotopic (exact) mass is 344 g/mol. The molecule has 0 bridgehead atoms. The lowest BCUT2D eigenvalue weighted by atomic mass is 10.2. The van der Waals surface area contributed by atoms with Gasteiger partial charge >= 0.3 is 6.55 Å². The van der Waals surface area contributed by atoms with E-state index < -0.39 is 16.6 Å². The topological polar surface area (TPSA) is 106 Å². The van der Waals surface area contributed by atoms with E-state index >= 15 is 0 Å². The molecule has 0 fully saturated rings. The summed E-state index contributed by atoms with van der Waals surface area (Å²) >= 11 is 0. The highest BCUT2D eigenvalue weighted by Crippen LogP contribution is 2.28. The lowest BCUT2D eigenvalue weighted by Crippen LogP contribution is -2.11. The SMILES string of the molecule is CN(C)/C=N/S(=O)(=O)c1cc(N)cnc1-c1cnn(C(F)F)c1. The van der Waals surface area contributed by atoms with E-state index in [1.807, 2.05) is 0 Å². The van der Waals surface area contributed by atoms with Gasteiger partial charge in [-0.25, -0.2) is 4.68 Å². The molecular weight excluding hydrogens is 330 g/mol. The van der Waals surface area contributed by atoms with Crippen LogP contribution < -0.4 is 5.73 Å². The Morgan fingerprint density at radius 3 is 2.65 bits per heavy atom. The maximum atomic E-state index is 12.6. The van der Waals surface area contributed by atoms with Crippen LogP contribution in [0.1, 0.15) is 6.55 Å². The summed E-state index contributed by atoms with van der Waals surface area (Å²) in [6, 6.07) is 1.17. The molecule has 23 heavy (non-hydrogen) atoms. The molecule has 2 rings (SSSR count). The van der Waals surface area contributed by atoms with Gasteiger partial charge in [-0.2, -0.15) is 22.3 Å². The fourth-order valence-electron chi connectivity index (χ4n) is 1.65. The van der Waals surface area contributed by atoms with Crippen LogP contribution in [0.4, 0.5) is 14.5 Å². The van der Waals surface area contributed by atoms with Crippen LogP contribution in [0.3, 0.4) is 0 Å². The number of sulfonamides is 1. The predicted octanol–water partition coefficient (Wildman–Crippen LogP) is 1.20. The number of pyridine rings is 1. The number of nitrogen functional groups attached to an aromatic ring is 1. The highest BCUT2D eigenvalue weighted by molar-refractivity contribution is 7.90. The van der Waals surface area contributed by atoms with E-state index in [2.05, 4.69) is 14.5 Å². The Morgan fingerprint density at radius 1 is 1.39 bits per heavy atom. The molecule has 0 atom stereocenters. The number of nitrogens with two attached hydrogens (primary N) is 1. The third-order valence-electron chi connectivity index (χ3n) is 2.64. The zero-order chi connectivity index (χ0) is 17.2. The summed E-state index contributed by atoms with van der Waals surface area (Å²) in [4.78, 5) is 5.07. The Hall–Kier alpha value is -2.56. The molecule has 0 aromatic carbocycles. The number of anilines is 1. The molecule has 0 aliphatic carbocycles. The second-order valence-electron chi connectivity index (χ2n) is 4.76. The molecule has 11 heteroatoms. The van der Waals surface area contributed by atoms with Gasteiger partial charge in [-0.15, -0.1) is 4.40 Å². The smallest absolute Gasteiger partial charge is 0.333 e. The number of rotatable bonds is 5. The van der Waals surface area contributed by atoms with Crippen molar-refractivity contribution in [1.29, 1.82) is 0 Å². The molecule has 0 amide bonds. The first kappa shape index (κ1) is 16.8. The maximum absolute atomic E-state index is 12.6. The van der Waals surface area contributed by atoms with E-state index in [-0.39, 0.29) is 21.8 Å². The second kappa shape index (κ2) is 6.28. The van der Waals surface area contributed by atoms with Gasteiger partial charge in [0.25, 0.3) is 10.0 Å². The van der Waals surface area contributed by atoms with Crippen molar-refractivity contribution in [3.05, 3.63) is 24.7 Å². The van der Waals surface area contributed by atoms with Gasteiger partial charge in [-0.3, -0.25) is 4.98 Å². The number of alkyl halides is 2. The maximum Gasteiger partial charge on any atom is 0.333 e. The van der Waals surface area contributed by atoms with Gasteiger partial charge in [0, 0.05) is 25.9 Å². The van der Waals surface area contributed by atoms with E-state index in [1.54, 1.807) is 14.1 Å². The third kappa shape index (κ3) is 3.80. The van der Waals surface area contributed by atoms with E-state index in [4.69, 9.17) is 5.73 Å². The van der Waals surface area contributed by atoms with Gasteiger partial charge in [0.05, 0.1) is 23.8 Å². The van der Waals surface area contributed by atoms with Crippen molar-refractivity contribution in [2.75, 3.05) is 19.8 Å². The summed E-state index contributed by atoms with van der Waals surface area (Å²) in [6.07, 6.45) is 4.42. The molecule has 0 saturated carbocycles. The van der Waals surface area contributed by atoms with Gasteiger partial charge < -0.3 is 10.6 Å². The van der Waals surface area contributed by atoms with Gasteiger partial charge in [0.1, 0.15) is 11.2 Å². The Balaban J connectivity index is 2.57. The third-order valence-corrected chi connectivity index (χ3v) is 3.88. The predicted molar refractivity (Wildman–Crippen MR) is 80.5 cm³/mol. The van der Waals surface area contributed by atoms with Gasteiger partial charge in [0.15, 0.2) is 0 Å². The van der Waals surface area contributed by atoms with Gasteiger partial charge in [-0.1, -0.05) is 0 Å². The number of nitrogens with zero attached hydrogens (tertiary/aromatic N) is 5. The molecule has 2 aromatic heterocycles. The van der Waals surface area contributed by atoms with Crippen LogP contribution in [0.2, 0.25) is 0 Å². The minimum atomic E-state index is -4.11. The zero-order valence-corrected chi connectivity index (χ0v) is 13.1. The molecule has 0 aliphatic rings. The Kier molecular flexibility index (Phi) is 4.59. The second-order valence-corrected chi connectivity index (χ2v) is 6.36. The molecule has 2 aromatic rings. The average Bonchev–Trinajstić information content (AvgIpc) is 2.95. The number of aromatic nitrogens is 3. The molecule has 8 nitrogen and oxygen atoms in total. The Bertz CT molecular complexity index is 832. The molecular formula is C12H14F2N6O2S. The van der Waals surface area contributed by atoms with Crippen molar-refractivity contribution in [1.82, 2.24) is 19.7 Å². The molecule has 0 saturated heterocycles. The van der Waals surface area contributed by atoms with Crippen molar-refractivity contribution in [2.45, 2.75) is 11.4 Å². The lowest BCUT2D eigenvalue weighted by molar-refractivity contribution is 0.0566. The van der Waals surface area contributed by atoms with Crippen molar-refractivity contribution in [3.8, 4) is 11.3 Å². The van der Waals surface area contributed by atoms with Crippen LogP contribution in [0, 0.1) is 0 Å². The number of hydrogen-bond donors (Lipinski definition) is 1. The van der Waals surface area contributed by atoms with Crippen LogP contribution in [0.5, 0.6) is 0 Å². The van der Waals surface area contributed by atoms with Crippen molar-refractivity contribution in [2.24, 2.45) is 4.40 Å². The Labute approximate surface area is 131 Å². The number of hydrogen-bond acceptors (Lipinski definition) is 5. The largest absolute Gasteiger partial charge is 0.397 e. The van der Waals surface area contributed by atoms with E-state index in [0.29, 0.717) is 4.68 Å². The summed E-state index contributed by atoms with van der Waals surface area (Å²) in [7, 11) is -0.904. The van der Waals surface area contributed by atoms with E-state index in [1.165, 1.54) is 17.2 Å². The summed E-state index contributed by atoms with van der Waals surface area (Å²) in [5.41, 5.74) is 5.75. The minimum absolute atomic E-state index is 0.0537. The standard InChI is InChI=1S/C12H14F2N6O2S/c1-19(2)7-18-23(21,22)10-3-9(15)5-16-11(10)8-4-17-20(6-8)12(13)14/h3-7,12H,15H2,1-2H3/b18-7+. The van der Waals surface area contributed by atoms with Crippen LogP contribution >= 0.6 is 0 Å². The number of halogens is 2. The van der Waals surface area contributed by atoms with Crippen LogP contribution in [0.15, 0.2) is 34.0 Å². The average molecular weight is 344 g/mol. The molecule has 0 spiro atoms. The summed E-state index contributed by atoms with van der Waals surface area (Å²) in [5, 5.41) is 3.47. The molecule has 124 valence electrons. The first-order chi connectivity index (χ1) is 10.7. The zero-order valence-electron chi connectivity index (χ0n) is 12.3. The molecule has 0 unspecified atom stereocenters. The highest BCUT2D eigenvalue weighted by atomic mass is 32.2. The summed E-state index contributed by atoms with van der Waals surface area (Å²) < 4.78 is 53.8. The van der Waals surface area contributed by atoms with Crippen LogP contribution in [0.25, 0.3) is 11.3 Å². The molecule has 2 N–H and O–H groups in total.